The molecule has 0 spiro atoms. The molecule has 1 rings (SSSR count). The molecule has 0 amide bonds. The number of unbranched alkanes of at least 4 members (excludes halogenated alkanes) is 3. The van der Waals surface area contributed by atoms with Gasteiger partial charge in [-0.05, 0) is 24.7 Å². The van der Waals surface area contributed by atoms with Crippen LogP contribution in [0.25, 0.3) is 0 Å². The second-order valence-corrected chi connectivity index (χ2v) is 4.47. The Kier molecular flexibility index (Phi) is 8.87. The van der Waals surface area contributed by atoms with Crippen molar-refractivity contribution in [2.24, 2.45) is 11.8 Å². The van der Waals surface area contributed by atoms with Crippen molar-refractivity contribution >= 4 is 0 Å². The normalized spacial score (nSPS) is 31.5. The Hall–Kier alpha value is 1.06. The third-order valence-electron chi connectivity index (χ3n) is 3.51. The van der Waals surface area contributed by atoms with Crippen LogP contribution in [-0.4, -0.2) is 11.2 Å². The molecule has 1 N–H and O–H groups in total. The van der Waals surface area contributed by atoms with Gasteiger partial charge in [0.05, 0.1) is 6.10 Å². The average Bonchev–Trinajstić information content (AvgIpc) is 2.43. The Bertz CT molecular complexity index is 138. The molecule has 1 aliphatic rings. The van der Waals surface area contributed by atoms with Crippen LogP contribution in [-0.2, 0) is 32.7 Å². The topological polar surface area (TPSA) is 20.2 Å². The van der Waals surface area contributed by atoms with E-state index in [1.807, 2.05) is 0 Å². The minimum Gasteiger partial charge on any atom is -0.393 e. The van der Waals surface area contributed by atoms with E-state index < -0.39 is 0 Å². The molecule has 1 saturated carbocycles. The monoisotopic (exact) mass is 272 g/mol. The summed E-state index contributed by atoms with van der Waals surface area (Å²) in [4.78, 5) is 0. The van der Waals surface area contributed by atoms with E-state index in [2.05, 4.69) is 13.8 Å². The first kappa shape index (κ1) is 15.1. The van der Waals surface area contributed by atoms with Gasteiger partial charge in [0.1, 0.15) is 0 Å². The molecule has 0 aromatic carbocycles. The minimum atomic E-state index is -0.0159. The Morgan fingerprint density at radius 1 is 1.21 bits per heavy atom. The summed E-state index contributed by atoms with van der Waals surface area (Å²) in [5.41, 5.74) is 0. The van der Waals surface area contributed by atoms with Crippen LogP contribution in [0.5, 0.6) is 0 Å². The number of hydrogen-bond donors (Lipinski definition) is 1. The molecule has 0 aromatic rings. The predicted molar refractivity (Wildman–Crippen MR) is 56.3 cm³/mol. The molecule has 0 bridgehead atoms. The zero-order chi connectivity index (χ0) is 9.68. The fraction of sp³-hybridized carbons (Fsp3) is 0.917. The summed E-state index contributed by atoms with van der Waals surface area (Å²) in [7, 11) is 0. The third kappa shape index (κ3) is 4.72. The van der Waals surface area contributed by atoms with Crippen LogP contribution < -0.4 is 0 Å². The smallest absolute Gasteiger partial charge is 0.0568 e. The van der Waals surface area contributed by atoms with E-state index in [4.69, 9.17) is 0 Å². The van der Waals surface area contributed by atoms with Gasteiger partial charge in [0.15, 0.2) is 0 Å². The van der Waals surface area contributed by atoms with Crippen LogP contribution in [0, 0.1) is 18.8 Å². The molecule has 0 aliphatic heterocycles. The molecule has 0 unspecified atom stereocenters. The largest absolute Gasteiger partial charge is 0.393 e. The van der Waals surface area contributed by atoms with Gasteiger partial charge in [-0.25, -0.2) is 0 Å². The zero-order valence-electron chi connectivity index (χ0n) is 9.41. The third-order valence-corrected chi connectivity index (χ3v) is 3.51. The number of aliphatic hydroxyl groups is 1. The minimum absolute atomic E-state index is 0. The predicted octanol–water partition coefficient (Wildman–Crippen LogP) is 3.18. The van der Waals surface area contributed by atoms with E-state index >= 15 is 0 Å². The van der Waals surface area contributed by atoms with Crippen molar-refractivity contribution in [3.8, 4) is 0 Å². The average molecular weight is 272 g/mol. The summed E-state index contributed by atoms with van der Waals surface area (Å²) in [6, 6.07) is 0. The molecular weight excluding hydrogens is 249 g/mol. The fourth-order valence-electron chi connectivity index (χ4n) is 2.39. The summed E-state index contributed by atoms with van der Waals surface area (Å²) >= 11 is 0. The molecule has 0 heterocycles. The summed E-state index contributed by atoms with van der Waals surface area (Å²) in [5.74, 6) is 1.33. The summed E-state index contributed by atoms with van der Waals surface area (Å²) in [6.45, 7) is 6.04. The van der Waals surface area contributed by atoms with Gasteiger partial charge in [-0.1, -0.05) is 32.6 Å². The van der Waals surface area contributed by atoms with Crippen molar-refractivity contribution in [3.63, 3.8) is 0 Å². The summed E-state index contributed by atoms with van der Waals surface area (Å²) < 4.78 is 0. The second kappa shape index (κ2) is 8.24. The molecule has 1 fully saturated rings. The van der Waals surface area contributed by atoms with Gasteiger partial charge in [0.2, 0.25) is 0 Å². The standard InChI is InChI=1S/C12H23O.Y/c1-3-4-5-6-7-11-8-9-12(13)10(11)2;/h10-13H,1,3-9H2,2H3;/q-1;/t10-,11+,12-;/m1./s1. The molecule has 81 valence electrons. The molecule has 1 radical (unpaired) electrons. The van der Waals surface area contributed by atoms with Crippen LogP contribution >= 0.6 is 0 Å². The van der Waals surface area contributed by atoms with Gasteiger partial charge in [-0.15, -0.1) is 0 Å². The number of aliphatic hydroxyl groups excluding tert-OH is 1. The first-order valence-electron chi connectivity index (χ1n) is 5.73. The van der Waals surface area contributed by atoms with Gasteiger partial charge in [-0.2, -0.15) is 6.42 Å². The molecular formula is C12H23OY-. The van der Waals surface area contributed by atoms with Crippen molar-refractivity contribution in [1.82, 2.24) is 0 Å². The molecule has 1 aliphatic carbocycles. The zero-order valence-corrected chi connectivity index (χ0v) is 12.3. The Morgan fingerprint density at radius 2 is 1.93 bits per heavy atom. The van der Waals surface area contributed by atoms with Gasteiger partial charge in [-0.3, -0.25) is 0 Å². The molecule has 0 saturated heterocycles. The van der Waals surface area contributed by atoms with Crippen molar-refractivity contribution in [2.45, 2.75) is 58.0 Å². The van der Waals surface area contributed by atoms with Crippen LogP contribution in [0.2, 0.25) is 0 Å². The van der Waals surface area contributed by atoms with E-state index in [1.165, 1.54) is 32.1 Å². The Labute approximate surface area is 114 Å². The van der Waals surface area contributed by atoms with E-state index in [0.717, 1.165) is 18.8 Å². The van der Waals surface area contributed by atoms with Gasteiger partial charge in [0.25, 0.3) is 0 Å². The van der Waals surface area contributed by atoms with E-state index in [-0.39, 0.29) is 38.8 Å². The van der Waals surface area contributed by atoms with Crippen LogP contribution in [0.4, 0.5) is 0 Å². The van der Waals surface area contributed by atoms with Crippen LogP contribution in [0.15, 0.2) is 0 Å². The quantitative estimate of drug-likeness (QED) is 0.602. The second-order valence-electron chi connectivity index (χ2n) is 4.47. The first-order chi connectivity index (χ1) is 6.25. The van der Waals surface area contributed by atoms with Gasteiger partial charge in [0, 0.05) is 32.7 Å². The van der Waals surface area contributed by atoms with Crippen LogP contribution in [0.3, 0.4) is 0 Å². The molecule has 0 aromatic heterocycles. The van der Waals surface area contributed by atoms with Gasteiger partial charge >= 0.3 is 0 Å². The number of hydrogen-bond acceptors (Lipinski definition) is 1. The van der Waals surface area contributed by atoms with Crippen molar-refractivity contribution in [3.05, 3.63) is 6.92 Å². The van der Waals surface area contributed by atoms with E-state index in [9.17, 15) is 5.11 Å². The van der Waals surface area contributed by atoms with Crippen LogP contribution in [0.1, 0.15) is 51.9 Å². The maximum Gasteiger partial charge on any atom is 0.0568 e. The Balaban J connectivity index is 0.00000169. The molecule has 14 heavy (non-hydrogen) atoms. The van der Waals surface area contributed by atoms with Crippen molar-refractivity contribution in [1.29, 1.82) is 0 Å². The molecule has 1 nitrogen and oxygen atoms in total. The molecule has 2 heteroatoms. The van der Waals surface area contributed by atoms with E-state index in [0.29, 0.717) is 5.92 Å². The molecule has 3 atom stereocenters. The number of rotatable bonds is 5. The first-order valence-corrected chi connectivity index (χ1v) is 5.73. The Morgan fingerprint density at radius 3 is 2.43 bits per heavy atom. The van der Waals surface area contributed by atoms with Crippen molar-refractivity contribution in [2.75, 3.05) is 0 Å². The van der Waals surface area contributed by atoms with Gasteiger partial charge < -0.3 is 12.0 Å². The fourth-order valence-corrected chi connectivity index (χ4v) is 2.39. The van der Waals surface area contributed by atoms with Crippen molar-refractivity contribution < 1.29 is 37.8 Å². The summed E-state index contributed by atoms with van der Waals surface area (Å²) in [6.07, 6.45) is 8.57. The maximum absolute atomic E-state index is 9.56. The maximum atomic E-state index is 9.56. The SMILES string of the molecule is [CH2-]CCCCC[C@H]1CC[C@@H](O)[C@@H]1C.[Y]. The summed E-state index contributed by atoms with van der Waals surface area (Å²) in [5, 5.41) is 9.56. The van der Waals surface area contributed by atoms with E-state index in [1.54, 1.807) is 0 Å².